The van der Waals surface area contributed by atoms with Crippen molar-refractivity contribution in [1.82, 2.24) is 4.72 Å². The topological polar surface area (TPSA) is 72.2 Å². The molecule has 0 saturated heterocycles. The Hall–Kier alpha value is -0.270. The van der Waals surface area contributed by atoms with Gasteiger partial charge in [-0.25, -0.2) is 13.1 Å². The van der Waals surface area contributed by atoms with Gasteiger partial charge in [0.1, 0.15) is 4.90 Å². The number of benzene rings is 1. The average Bonchev–Trinajstić information content (AvgIpc) is 2.29. The van der Waals surface area contributed by atoms with Gasteiger partial charge in [0.05, 0.1) is 5.02 Å². The van der Waals surface area contributed by atoms with Crippen LogP contribution in [0.3, 0.4) is 0 Å². The van der Waals surface area contributed by atoms with Crippen molar-refractivity contribution in [3.63, 3.8) is 0 Å². The van der Waals surface area contributed by atoms with Gasteiger partial charge in [0.2, 0.25) is 10.0 Å². The highest BCUT2D eigenvalue weighted by molar-refractivity contribution is 7.98. The fraction of sp³-hybridized carbons (Fsp3) is 0.400. The highest BCUT2D eigenvalue weighted by atomic mass is 35.5. The van der Waals surface area contributed by atoms with Crippen LogP contribution in [-0.2, 0) is 16.6 Å². The Morgan fingerprint density at radius 1 is 1.47 bits per heavy atom. The van der Waals surface area contributed by atoms with Crippen molar-refractivity contribution >= 4 is 33.4 Å². The smallest absolute Gasteiger partial charge is 0.242 e. The van der Waals surface area contributed by atoms with Crippen LogP contribution >= 0.6 is 23.4 Å². The highest BCUT2D eigenvalue weighted by Gasteiger charge is 2.17. The van der Waals surface area contributed by atoms with Crippen molar-refractivity contribution < 1.29 is 8.42 Å². The van der Waals surface area contributed by atoms with Gasteiger partial charge in [0, 0.05) is 18.8 Å². The Balaban J connectivity index is 2.97. The molecule has 0 fully saturated rings. The van der Waals surface area contributed by atoms with Crippen LogP contribution in [-0.4, -0.2) is 27.0 Å². The molecular formula is C10H15ClN2O2S2. The summed E-state index contributed by atoms with van der Waals surface area (Å²) < 4.78 is 26.4. The highest BCUT2D eigenvalue weighted by Crippen LogP contribution is 2.22. The number of halogens is 1. The van der Waals surface area contributed by atoms with Gasteiger partial charge in [-0.3, -0.25) is 0 Å². The molecule has 0 spiro atoms. The number of thioether (sulfide) groups is 1. The molecule has 1 rings (SSSR count). The molecule has 0 aliphatic carbocycles. The van der Waals surface area contributed by atoms with Crippen molar-refractivity contribution in [2.24, 2.45) is 5.73 Å². The molecule has 0 unspecified atom stereocenters. The summed E-state index contributed by atoms with van der Waals surface area (Å²) in [6.07, 6.45) is 1.91. The largest absolute Gasteiger partial charge is 0.326 e. The molecule has 1 aromatic rings. The van der Waals surface area contributed by atoms with Crippen molar-refractivity contribution in [2.75, 3.05) is 18.6 Å². The minimum atomic E-state index is -3.55. The summed E-state index contributed by atoms with van der Waals surface area (Å²) in [5, 5.41) is 0.207. The Kier molecular flexibility index (Phi) is 5.75. The number of nitrogens with one attached hydrogen (secondary N) is 1. The Morgan fingerprint density at radius 3 is 2.76 bits per heavy atom. The molecule has 0 aliphatic heterocycles. The first-order chi connectivity index (χ1) is 8.01. The predicted molar refractivity (Wildman–Crippen MR) is 72.9 cm³/mol. The summed E-state index contributed by atoms with van der Waals surface area (Å²) in [5.74, 6) is 0.716. The summed E-state index contributed by atoms with van der Waals surface area (Å²) in [6, 6.07) is 4.76. The van der Waals surface area contributed by atoms with E-state index < -0.39 is 10.0 Å². The van der Waals surface area contributed by atoms with E-state index in [1.807, 2.05) is 6.26 Å². The molecule has 17 heavy (non-hydrogen) atoms. The van der Waals surface area contributed by atoms with Crippen molar-refractivity contribution in [1.29, 1.82) is 0 Å². The van der Waals surface area contributed by atoms with E-state index in [4.69, 9.17) is 17.3 Å². The van der Waals surface area contributed by atoms with Crippen LogP contribution in [0, 0.1) is 0 Å². The van der Waals surface area contributed by atoms with Gasteiger partial charge in [-0.2, -0.15) is 11.8 Å². The lowest BCUT2D eigenvalue weighted by Gasteiger charge is -2.09. The van der Waals surface area contributed by atoms with Gasteiger partial charge in [-0.05, 0) is 24.0 Å². The Morgan fingerprint density at radius 2 is 2.18 bits per heavy atom. The van der Waals surface area contributed by atoms with Crippen molar-refractivity contribution in [2.45, 2.75) is 11.4 Å². The summed E-state index contributed by atoms with van der Waals surface area (Å²) >= 11 is 7.45. The second kappa shape index (κ2) is 6.61. The second-order valence-electron chi connectivity index (χ2n) is 3.36. The predicted octanol–water partition coefficient (Wildman–Crippen LogP) is 1.44. The molecule has 0 amide bonds. The first-order valence-corrected chi connectivity index (χ1v) is 8.24. The molecule has 0 bridgehead atoms. The molecule has 0 radical (unpaired) electrons. The Bertz CT molecular complexity index is 477. The summed E-state index contributed by atoms with van der Waals surface area (Å²) in [7, 11) is -3.55. The number of rotatable bonds is 6. The maximum absolute atomic E-state index is 12.0. The van der Waals surface area contributed by atoms with E-state index in [-0.39, 0.29) is 16.5 Å². The third-order valence-corrected chi connectivity index (χ3v) is 4.67. The van der Waals surface area contributed by atoms with E-state index in [2.05, 4.69) is 4.72 Å². The first kappa shape index (κ1) is 14.8. The summed E-state index contributed by atoms with van der Waals surface area (Å²) in [4.78, 5) is 0.0863. The molecular weight excluding hydrogens is 280 g/mol. The maximum Gasteiger partial charge on any atom is 0.242 e. The molecule has 0 heterocycles. The van der Waals surface area contributed by atoms with E-state index in [0.717, 1.165) is 5.56 Å². The van der Waals surface area contributed by atoms with E-state index in [9.17, 15) is 8.42 Å². The van der Waals surface area contributed by atoms with Crippen LogP contribution in [0.5, 0.6) is 0 Å². The minimum Gasteiger partial charge on any atom is -0.326 e. The molecule has 96 valence electrons. The van der Waals surface area contributed by atoms with Gasteiger partial charge in [0.15, 0.2) is 0 Å². The van der Waals surface area contributed by atoms with Gasteiger partial charge in [-0.15, -0.1) is 0 Å². The molecule has 0 aromatic heterocycles. The van der Waals surface area contributed by atoms with Gasteiger partial charge in [0.25, 0.3) is 0 Å². The number of nitrogens with two attached hydrogens (primary N) is 1. The van der Waals surface area contributed by atoms with Crippen LogP contribution in [0.15, 0.2) is 23.1 Å². The molecule has 0 aliphatic rings. The van der Waals surface area contributed by atoms with Crippen molar-refractivity contribution in [3.05, 3.63) is 28.8 Å². The molecule has 1 aromatic carbocycles. The average molecular weight is 295 g/mol. The monoisotopic (exact) mass is 294 g/mol. The normalized spacial score (nSPS) is 11.7. The van der Waals surface area contributed by atoms with E-state index >= 15 is 0 Å². The quantitative estimate of drug-likeness (QED) is 0.779. The van der Waals surface area contributed by atoms with Crippen LogP contribution in [0.1, 0.15) is 5.56 Å². The van der Waals surface area contributed by atoms with Crippen LogP contribution in [0.4, 0.5) is 0 Å². The SMILES string of the molecule is CSCCNS(=O)(=O)c1cc(CN)ccc1Cl. The molecule has 0 saturated carbocycles. The van der Waals surface area contributed by atoms with Crippen LogP contribution in [0.2, 0.25) is 5.02 Å². The van der Waals surface area contributed by atoms with Crippen molar-refractivity contribution in [3.8, 4) is 0 Å². The fourth-order valence-electron chi connectivity index (χ4n) is 1.24. The number of hydrogen-bond donors (Lipinski definition) is 2. The lowest BCUT2D eigenvalue weighted by atomic mass is 10.2. The zero-order chi connectivity index (χ0) is 12.9. The lowest BCUT2D eigenvalue weighted by molar-refractivity contribution is 0.584. The van der Waals surface area contributed by atoms with E-state index in [1.54, 1.807) is 23.9 Å². The second-order valence-corrected chi connectivity index (χ2v) is 6.49. The number of hydrogen-bond acceptors (Lipinski definition) is 4. The van der Waals surface area contributed by atoms with Gasteiger partial charge < -0.3 is 5.73 Å². The molecule has 7 heteroatoms. The molecule has 0 atom stereocenters. The first-order valence-electron chi connectivity index (χ1n) is 4.98. The van der Waals surface area contributed by atoms with Gasteiger partial charge in [-0.1, -0.05) is 17.7 Å². The standard InChI is InChI=1S/C10H15ClN2O2S2/c1-16-5-4-13-17(14,15)10-6-8(7-12)2-3-9(10)11/h2-3,6,13H,4-5,7,12H2,1H3. The van der Waals surface area contributed by atoms with Crippen LogP contribution < -0.4 is 10.5 Å². The minimum absolute atomic E-state index is 0.0863. The lowest BCUT2D eigenvalue weighted by Crippen LogP contribution is -2.26. The van der Waals surface area contributed by atoms with E-state index in [1.165, 1.54) is 6.07 Å². The van der Waals surface area contributed by atoms with E-state index in [0.29, 0.717) is 12.3 Å². The Labute approximate surface area is 111 Å². The zero-order valence-electron chi connectivity index (χ0n) is 9.44. The number of sulfonamides is 1. The summed E-state index contributed by atoms with van der Waals surface area (Å²) in [6.45, 7) is 0.664. The fourth-order valence-corrected chi connectivity index (χ4v) is 3.25. The maximum atomic E-state index is 12.0. The summed E-state index contributed by atoms with van der Waals surface area (Å²) in [5.41, 5.74) is 6.21. The third kappa shape index (κ3) is 4.15. The molecule has 4 nitrogen and oxygen atoms in total. The molecule has 3 N–H and O–H groups in total. The third-order valence-electron chi connectivity index (χ3n) is 2.12. The van der Waals surface area contributed by atoms with Gasteiger partial charge >= 0.3 is 0 Å². The zero-order valence-corrected chi connectivity index (χ0v) is 11.8. The van der Waals surface area contributed by atoms with Crippen LogP contribution in [0.25, 0.3) is 0 Å².